The van der Waals surface area contributed by atoms with Crippen molar-refractivity contribution in [1.29, 1.82) is 0 Å². The van der Waals surface area contributed by atoms with Gasteiger partial charge in [-0.05, 0) is 98.3 Å². The molecule has 2 heteroatoms. The first-order valence-corrected chi connectivity index (χ1v) is 12.1. The largest absolute Gasteiger partial charge is 0.469 e. The van der Waals surface area contributed by atoms with Crippen LogP contribution in [0.1, 0.15) is 81.3 Å². The lowest BCUT2D eigenvalue weighted by Gasteiger charge is -2.27. The van der Waals surface area contributed by atoms with Gasteiger partial charge in [-0.1, -0.05) is 60.7 Å². The fourth-order valence-corrected chi connectivity index (χ4v) is 5.64. The number of rotatable bonds is 5. The number of allylic oxidation sites excluding steroid dienone is 2. The summed E-state index contributed by atoms with van der Waals surface area (Å²) in [6.45, 7) is 2.13. The highest BCUT2D eigenvalue weighted by Crippen LogP contribution is 2.38. The van der Waals surface area contributed by atoms with Crippen LogP contribution in [0.3, 0.4) is 0 Å². The van der Waals surface area contributed by atoms with E-state index in [1.165, 1.54) is 55.0 Å². The van der Waals surface area contributed by atoms with E-state index in [1.54, 1.807) is 0 Å². The van der Waals surface area contributed by atoms with Crippen LogP contribution in [0, 0.1) is 11.8 Å². The van der Waals surface area contributed by atoms with Gasteiger partial charge in [0.1, 0.15) is 0 Å². The zero-order valence-electron chi connectivity index (χ0n) is 19.1. The van der Waals surface area contributed by atoms with Gasteiger partial charge in [0.2, 0.25) is 0 Å². The van der Waals surface area contributed by atoms with Gasteiger partial charge in [0, 0.05) is 0 Å². The molecule has 0 bridgehead atoms. The van der Waals surface area contributed by atoms with Crippen molar-refractivity contribution in [3.63, 3.8) is 0 Å². The topological polar surface area (TPSA) is 26.3 Å². The molecule has 0 spiro atoms. The summed E-state index contributed by atoms with van der Waals surface area (Å²) in [6, 6.07) is 18.4. The van der Waals surface area contributed by atoms with E-state index < -0.39 is 0 Å². The molecular formula is C29H36O2. The number of methoxy groups -OCH3 is 1. The molecule has 0 aliphatic heterocycles. The fourth-order valence-electron chi connectivity index (χ4n) is 5.64. The standard InChI is InChI=1S/C29H36O2/c1-3-4-21-5-7-22(8-6-21)23-9-11-24(12-10-23)25-13-15-26(16-14-25)27-17-19-28(20-18-27)29(30)31-2/h3-4,9-16,21-22,27-28H,5-8,17-20H2,1-2H3/t21-,22-,27-,28-. The van der Waals surface area contributed by atoms with Crippen molar-refractivity contribution in [2.75, 3.05) is 7.11 Å². The molecule has 2 aliphatic rings. The zero-order valence-corrected chi connectivity index (χ0v) is 19.1. The van der Waals surface area contributed by atoms with Crippen LogP contribution >= 0.6 is 0 Å². The van der Waals surface area contributed by atoms with E-state index in [1.807, 2.05) is 0 Å². The maximum Gasteiger partial charge on any atom is 0.308 e. The van der Waals surface area contributed by atoms with Gasteiger partial charge < -0.3 is 4.74 Å². The summed E-state index contributed by atoms with van der Waals surface area (Å²) in [5.74, 6) is 2.13. The molecule has 0 N–H and O–H groups in total. The Balaban J connectivity index is 1.35. The van der Waals surface area contributed by atoms with Crippen LogP contribution in [0.15, 0.2) is 60.7 Å². The minimum Gasteiger partial charge on any atom is -0.469 e. The van der Waals surface area contributed by atoms with E-state index in [0.29, 0.717) is 5.92 Å². The first-order chi connectivity index (χ1) is 15.2. The number of benzene rings is 2. The summed E-state index contributed by atoms with van der Waals surface area (Å²) in [7, 11) is 1.50. The Hall–Kier alpha value is -2.35. The number of ether oxygens (including phenoxy) is 1. The predicted molar refractivity (Wildman–Crippen MR) is 128 cm³/mol. The molecule has 0 heterocycles. The quantitative estimate of drug-likeness (QED) is 0.369. The SMILES string of the molecule is CC=C[C@H]1CC[C@H](c2ccc(-c3ccc([C@H]4CC[C@H](C(=O)OC)CC4)cc3)cc2)CC1. The maximum absolute atomic E-state index is 11.8. The van der Waals surface area contributed by atoms with Gasteiger partial charge in [-0.2, -0.15) is 0 Å². The smallest absolute Gasteiger partial charge is 0.308 e. The number of esters is 1. The molecule has 2 aromatic rings. The summed E-state index contributed by atoms with van der Waals surface area (Å²) >= 11 is 0. The number of hydrogen-bond donors (Lipinski definition) is 0. The first kappa shape index (κ1) is 21.9. The van der Waals surface area contributed by atoms with Crippen molar-refractivity contribution in [3.05, 3.63) is 71.8 Å². The Morgan fingerprint density at radius 2 is 1.19 bits per heavy atom. The average molecular weight is 417 g/mol. The van der Waals surface area contributed by atoms with E-state index in [2.05, 4.69) is 67.6 Å². The van der Waals surface area contributed by atoms with E-state index in [-0.39, 0.29) is 11.9 Å². The van der Waals surface area contributed by atoms with E-state index in [0.717, 1.165) is 37.5 Å². The van der Waals surface area contributed by atoms with Crippen molar-refractivity contribution in [2.45, 2.75) is 70.1 Å². The predicted octanol–water partition coefficient (Wildman–Crippen LogP) is 7.65. The molecule has 2 fully saturated rings. The van der Waals surface area contributed by atoms with Gasteiger partial charge in [0.05, 0.1) is 13.0 Å². The van der Waals surface area contributed by atoms with Gasteiger partial charge in [-0.15, -0.1) is 0 Å². The number of carbonyl (C=O) groups is 1. The Morgan fingerprint density at radius 1 is 0.742 bits per heavy atom. The summed E-state index contributed by atoms with van der Waals surface area (Å²) in [4.78, 5) is 11.8. The molecule has 0 unspecified atom stereocenters. The zero-order chi connectivity index (χ0) is 21.6. The van der Waals surface area contributed by atoms with Crippen LogP contribution in [0.25, 0.3) is 11.1 Å². The summed E-state index contributed by atoms with van der Waals surface area (Å²) < 4.78 is 4.92. The second-order valence-electron chi connectivity index (χ2n) is 9.45. The molecular weight excluding hydrogens is 380 g/mol. The van der Waals surface area contributed by atoms with E-state index in [9.17, 15) is 4.79 Å². The molecule has 2 aromatic carbocycles. The minimum absolute atomic E-state index is 0.0388. The fraction of sp³-hybridized carbons (Fsp3) is 0.483. The molecule has 0 amide bonds. The number of hydrogen-bond acceptors (Lipinski definition) is 2. The lowest BCUT2D eigenvalue weighted by atomic mass is 9.78. The van der Waals surface area contributed by atoms with Crippen LogP contribution in [0.5, 0.6) is 0 Å². The summed E-state index contributed by atoms with van der Waals surface area (Å²) in [6.07, 6.45) is 13.9. The van der Waals surface area contributed by atoms with Crippen molar-refractivity contribution < 1.29 is 9.53 Å². The molecule has 0 radical (unpaired) electrons. The van der Waals surface area contributed by atoms with Gasteiger partial charge in [-0.3, -0.25) is 4.79 Å². The van der Waals surface area contributed by atoms with Crippen molar-refractivity contribution in [3.8, 4) is 11.1 Å². The minimum atomic E-state index is -0.0388. The molecule has 0 saturated heterocycles. The average Bonchev–Trinajstić information content (AvgIpc) is 2.85. The molecule has 31 heavy (non-hydrogen) atoms. The Bertz CT molecular complexity index is 862. The van der Waals surface area contributed by atoms with Gasteiger partial charge in [-0.25, -0.2) is 0 Å². The molecule has 164 valence electrons. The monoisotopic (exact) mass is 416 g/mol. The summed E-state index contributed by atoms with van der Waals surface area (Å²) in [5, 5.41) is 0. The van der Waals surface area contributed by atoms with Crippen molar-refractivity contribution in [1.82, 2.24) is 0 Å². The van der Waals surface area contributed by atoms with Crippen LogP contribution < -0.4 is 0 Å². The lowest BCUT2D eigenvalue weighted by molar-refractivity contribution is -0.146. The normalized spacial score (nSPS) is 26.6. The maximum atomic E-state index is 11.8. The van der Waals surface area contributed by atoms with E-state index >= 15 is 0 Å². The highest BCUT2D eigenvalue weighted by Gasteiger charge is 2.27. The molecule has 2 aliphatic carbocycles. The Labute approximate surface area is 187 Å². The Morgan fingerprint density at radius 3 is 1.61 bits per heavy atom. The van der Waals surface area contributed by atoms with Gasteiger partial charge in [0.15, 0.2) is 0 Å². The number of carbonyl (C=O) groups excluding carboxylic acids is 1. The van der Waals surface area contributed by atoms with Gasteiger partial charge >= 0.3 is 5.97 Å². The first-order valence-electron chi connectivity index (χ1n) is 12.1. The molecule has 4 rings (SSSR count). The van der Waals surface area contributed by atoms with Crippen LogP contribution in [0.4, 0.5) is 0 Å². The molecule has 2 nitrogen and oxygen atoms in total. The van der Waals surface area contributed by atoms with Gasteiger partial charge in [0.25, 0.3) is 0 Å². The third-order valence-electron chi connectivity index (χ3n) is 7.60. The molecule has 0 aromatic heterocycles. The summed E-state index contributed by atoms with van der Waals surface area (Å²) in [5.41, 5.74) is 5.49. The highest BCUT2D eigenvalue weighted by molar-refractivity contribution is 5.72. The third kappa shape index (κ3) is 5.29. The molecule has 0 atom stereocenters. The Kier molecular flexibility index (Phi) is 7.27. The lowest BCUT2D eigenvalue weighted by Crippen LogP contribution is -2.22. The molecule has 2 saturated carbocycles. The van der Waals surface area contributed by atoms with Crippen LogP contribution in [-0.4, -0.2) is 13.1 Å². The second kappa shape index (κ2) is 10.3. The third-order valence-corrected chi connectivity index (χ3v) is 7.60. The van der Waals surface area contributed by atoms with E-state index in [4.69, 9.17) is 4.74 Å². The van der Waals surface area contributed by atoms with Crippen molar-refractivity contribution in [2.24, 2.45) is 11.8 Å². The van der Waals surface area contributed by atoms with Crippen LogP contribution in [-0.2, 0) is 9.53 Å². The van der Waals surface area contributed by atoms with Crippen LogP contribution in [0.2, 0.25) is 0 Å². The highest BCUT2D eigenvalue weighted by atomic mass is 16.5. The van der Waals surface area contributed by atoms with Crippen molar-refractivity contribution >= 4 is 5.97 Å². The second-order valence-corrected chi connectivity index (χ2v) is 9.45.